The summed E-state index contributed by atoms with van der Waals surface area (Å²) in [6, 6.07) is 52.4. The number of benzene rings is 7. The molecule has 0 bridgehead atoms. The average molecular weight is 681 g/mol. The van der Waals surface area contributed by atoms with E-state index in [1.807, 2.05) is 28.7 Å². The molecule has 4 aromatic heterocycles. The zero-order valence-corrected chi connectivity index (χ0v) is 28.3. The molecule has 0 unspecified atom stereocenters. The molecule has 49 heavy (non-hydrogen) atoms. The first kappa shape index (κ1) is 27.4. The SMILES string of the molecule is c1ccc(-c2nc3c(ccc4oc5cc(N(c6ccc7c(c6)sc6ccccc67)c6ccc7sc8ccccc8c7c6)ccc5c43)s2)cc1. The van der Waals surface area contributed by atoms with E-state index in [1.54, 1.807) is 11.3 Å². The normalized spacial score (nSPS) is 12.1. The number of hydrogen-bond donors (Lipinski definition) is 0. The van der Waals surface area contributed by atoms with Crippen LogP contribution in [0, 0.1) is 0 Å². The molecule has 11 rings (SSSR count). The van der Waals surface area contributed by atoms with Crippen LogP contribution < -0.4 is 4.90 Å². The molecular formula is C43H24N2OS3. The van der Waals surface area contributed by atoms with E-state index in [-0.39, 0.29) is 0 Å². The second kappa shape index (κ2) is 10.5. The summed E-state index contributed by atoms with van der Waals surface area (Å²) < 4.78 is 12.9. The van der Waals surface area contributed by atoms with Gasteiger partial charge in [-0.05, 0) is 66.7 Å². The molecule has 4 heterocycles. The first-order valence-corrected chi connectivity index (χ1v) is 18.6. The van der Waals surface area contributed by atoms with E-state index in [0.29, 0.717) is 0 Å². The van der Waals surface area contributed by atoms with Crippen LogP contribution >= 0.6 is 34.0 Å². The molecular weight excluding hydrogens is 657 g/mol. The lowest BCUT2D eigenvalue weighted by Crippen LogP contribution is -2.09. The van der Waals surface area contributed by atoms with Crippen LogP contribution in [0.4, 0.5) is 17.1 Å². The van der Waals surface area contributed by atoms with Gasteiger partial charge in [-0.1, -0.05) is 72.8 Å². The van der Waals surface area contributed by atoms with Crippen LogP contribution in [0.2, 0.25) is 0 Å². The molecule has 0 spiro atoms. The summed E-state index contributed by atoms with van der Waals surface area (Å²) in [5, 5.41) is 8.33. The highest BCUT2D eigenvalue weighted by molar-refractivity contribution is 7.26. The zero-order valence-electron chi connectivity index (χ0n) is 25.9. The lowest BCUT2D eigenvalue weighted by atomic mass is 10.1. The van der Waals surface area contributed by atoms with Gasteiger partial charge in [-0.2, -0.15) is 0 Å². The number of anilines is 3. The first-order valence-electron chi connectivity index (χ1n) is 16.2. The summed E-state index contributed by atoms with van der Waals surface area (Å²) >= 11 is 5.42. The summed E-state index contributed by atoms with van der Waals surface area (Å²) in [6.07, 6.45) is 0. The number of thiophene rings is 2. The van der Waals surface area contributed by atoms with Crippen molar-refractivity contribution in [2.75, 3.05) is 4.90 Å². The molecule has 0 saturated carbocycles. The van der Waals surface area contributed by atoms with Gasteiger partial charge in [-0.15, -0.1) is 34.0 Å². The van der Waals surface area contributed by atoms with Crippen molar-refractivity contribution >= 4 is 124 Å². The van der Waals surface area contributed by atoms with Crippen LogP contribution in [0.15, 0.2) is 150 Å². The van der Waals surface area contributed by atoms with Gasteiger partial charge in [0, 0.05) is 74.4 Å². The van der Waals surface area contributed by atoms with E-state index in [9.17, 15) is 0 Å². The van der Waals surface area contributed by atoms with Gasteiger partial charge in [-0.3, -0.25) is 0 Å². The van der Waals surface area contributed by atoms with Crippen molar-refractivity contribution in [2.45, 2.75) is 0 Å². The predicted octanol–water partition coefficient (Wildman–Crippen LogP) is 14.1. The second-order valence-corrected chi connectivity index (χ2v) is 15.5. The monoisotopic (exact) mass is 680 g/mol. The Morgan fingerprint density at radius 1 is 0.429 bits per heavy atom. The summed E-state index contributed by atoms with van der Waals surface area (Å²) in [7, 11) is 0. The van der Waals surface area contributed by atoms with Crippen LogP contribution in [-0.4, -0.2) is 4.98 Å². The van der Waals surface area contributed by atoms with Crippen LogP contribution in [-0.2, 0) is 0 Å². The van der Waals surface area contributed by atoms with E-state index in [0.717, 1.165) is 59.8 Å². The molecule has 0 atom stereocenters. The Bertz CT molecular complexity index is 3070. The minimum atomic E-state index is 0.851. The molecule has 7 aromatic carbocycles. The lowest BCUT2D eigenvalue weighted by molar-refractivity contribution is 0.669. The number of rotatable bonds is 4. The molecule has 6 heteroatoms. The number of thiazole rings is 1. The van der Waals surface area contributed by atoms with Gasteiger partial charge >= 0.3 is 0 Å². The number of aromatic nitrogens is 1. The van der Waals surface area contributed by atoms with Crippen LogP contribution in [0.5, 0.6) is 0 Å². The summed E-state index contributed by atoms with van der Waals surface area (Å²) in [5.74, 6) is 0. The third-order valence-electron chi connectivity index (χ3n) is 9.50. The molecule has 230 valence electrons. The van der Waals surface area contributed by atoms with E-state index in [2.05, 4.69) is 144 Å². The Morgan fingerprint density at radius 3 is 1.88 bits per heavy atom. The van der Waals surface area contributed by atoms with Crippen LogP contribution in [0.3, 0.4) is 0 Å². The number of nitrogens with zero attached hydrogens (tertiary/aromatic N) is 2. The maximum atomic E-state index is 6.61. The molecule has 0 aliphatic rings. The first-order chi connectivity index (χ1) is 24.2. The van der Waals surface area contributed by atoms with Gasteiger partial charge < -0.3 is 9.32 Å². The third kappa shape index (κ3) is 4.21. The molecule has 0 aliphatic carbocycles. The van der Waals surface area contributed by atoms with Crippen molar-refractivity contribution in [1.82, 2.24) is 4.98 Å². The fraction of sp³-hybridized carbons (Fsp3) is 0. The number of fused-ring (bicyclic) bond motifs is 11. The lowest BCUT2D eigenvalue weighted by Gasteiger charge is -2.25. The Kier molecular flexibility index (Phi) is 5.87. The highest BCUT2D eigenvalue weighted by Crippen LogP contribution is 2.45. The highest BCUT2D eigenvalue weighted by atomic mass is 32.1. The Labute approximate surface area is 292 Å². The smallest absolute Gasteiger partial charge is 0.137 e. The maximum absolute atomic E-state index is 6.61. The highest BCUT2D eigenvalue weighted by Gasteiger charge is 2.20. The van der Waals surface area contributed by atoms with E-state index in [1.165, 1.54) is 40.3 Å². The van der Waals surface area contributed by atoms with Gasteiger partial charge in [-0.25, -0.2) is 4.98 Å². The van der Waals surface area contributed by atoms with Gasteiger partial charge in [0.15, 0.2) is 0 Å². The molecule has 0 radical (unpaired) electrons. The van der Waals surface area contributed by atoms with Gasteiger partial charge in [0.05, 0.1) is 15.6 Å². The van der Waals surface area contributed by atoms with Gasteiger partial charge in [0.2, 0.25) is 0 Å². The van der Waals surface area contributed by atoms with Crippen LogP contribution in [0.1, 0.15) is 0 Å². The molecule has 3 nitrogen and oxygen atoms in total. The molecule has 0 aliphatic heterocycles. The molecule has 0 fully saturated rings. The summed E-state index contributed by atoms with van der Waals surface area (Å²) in [6.45, 7) is 0. The number of hydrogen-bond acceptors (Lipinski definition) is 6. The van der Waals surface area contributed by atoms with E-state index >= 15 is 0 Å². The average Bonchev–Trinajstić information content (AvgIpc) is 3.92. The zero-order chi connectivity index (χ0) is 32.1. The second-order valence-electron chi connectivity index (χ2n) is 12.3. The van der Waals surface area contributed by atoms with Crippen molar-refractivity contribution in [3.63, 3.8) is 0 Å². The predicted molar refractivity (Wildman–Crippen MR) is 213 cm³/mol. The fourth-order valence-corrected chi connectivity index (χ4v) is 10.4. The molecule has 0 saturated heterocycles. The molecule has 11 aromatic rings. The molecule has 0 amide bonds. The molecule has 0 N–H and O–H groups in total. The fourth-order valence-electron chi connectivity index (χ4n) is 7.24. The van der Waals surface area contributed by atoms with Crippen molar-refractivity contribution in [3.8, 4) is 10.6 Å². The minimum Gasteiger partial charge on any atom is -0.456 e. The summed E-state index contributed by atoms with van der Waals surface area (Å²) in [4.78, 5) is 7.50. The largest absolute Gasteiger partial charge is 0.456 e. The topological polar surface area (TPSA) is 29.3 Å². The third-order valence-corrected chi connectivity index (χ3v) is 12.9. The Balaban J connectivity index is 1.12. The quantitative estimate of drug-likeness (QED) is 0.185. The van der Waals surface area contributed by atoms with Crippen molar-refractivity contribution in [3.05, 3.63) is 146 Å². The van der Waals surface area contributed by atoms with E-state index < -0.39 is 0 Å². The number of furan rings is 1. The van der Waals surface area contributed by atoms with Gasteiger partial charge in [0.25, 0.3) is 0 Å². The maximum Gasteiger partial charge on any atom is 0.137 e. The van der Waals surface area contributed by atoms with Crippen molar-refractivity contribution in [2.24, 2.45) is 0 Å². The standard InChI is InChI=1S/C43H24N2OS3/c1-2-8-25(9-3-1)43-44-42-39(49-43)21-19-34-41(42)32-18-15-27(23-35(32)46-34)45(26-16-20-38-33(22-26)30-11-5-7-13-37(30)47-38)28-14-17-31-29-10-4-6-12-36(29)48-40(31)24-28/h1-24H. The minimum absolute atomic E-state index is 0.851. The van der Waals surface area contributed by atoms with E-state index in [4.69, 9.17) is 9.40 Å². The van der Waals surface area contributed by atoms with Crippen molar-refractivity contribution < 1.29 is 4.42 Å². The Morgan fingerprint density at radius 2 is 1.04 bits per heavy atom. The van der Waals surface area contributed by atoms with Crippen LogP contribution in [0.25, 0.3) is 83.1 Å². The Hall–Kier alpha value is -5.53. The van der Waals surface area contributed by atoms with Gasteiger partial charge in [0.1, 0.15) is 16.2 Å². The van der Waals surface area contributed by atoms with Crippen molar-refractivity contribution in [1.29, 1.82) is 0 Å². The summed E-state index contributed by atoms with van der Waals surface area (Å²) in [5.41, 5.74) is 7.11.